The van der Waals surface area contributed by atoms with E-state index in [2.05, 4.69) is 6.92 Å². The van der Waals surface area contributed by atoms with Crippen LogP contribution in [0.5, 0.6) is 0 Å². The molecule has 0 aromatic heterocycles. The molecule has 2 heteroatoms. The summed E-state index contributed by atoms with van der Waals surface area (Å²) in [6.07, 6.45) is 0.938. The molecule has 1 rings (SSSR count). The number of hydrogen-bond acceptors (Lipinski definition) is 2. The lowest BCUT2D eigenvalue weighted by Gasteiger charge is -2.18. The highest BCUT2D eigenvalue weighted by Gasteiger charge is 2.27. The second-order valence-corrected chi connectivity index (χ2v) is 2.18. The van der Waals surface area contributed by atoms with E-state index in [1.54, 1.807) is 0 Å². The lowest BCUT2D eigenvalue weighted by molar-refractivity contribution is -0.143. The van der Waals surface area contributed by atoms with E-state index in [-0.39, 0.29) is 20.6 Å². The van der Waals surface area contributed by atoms with Crippen LogP contribution in [0.3, 0.4) is 0 Å². The zero-order chi connectivity index (χ0) is 6.04. The Bertz CT molecular complexity index is 75.3. The molecule has 0 radical (unpaired) electrons. The van der Waals surface area contributed by atoms with Gasteiger partial charge in [0.05, 0.1) is 13.2 Å². The van der Waals surface area contributed by atoms with E-state index < -0.39 is 0 Å². The molecule has 10 heavy (non-hydrogen) atoms. The minimum atomic E-state index is -0.264. The fraction of sp³-hybridized carbons (Fsp3) is 1.00. The summed E-state index contributed by atoms with van der Waals surface area (Å²) < 4.78 is 10.5. The molecule has 0 spiro atoms. The molecule has 1 aliphatic heterocycles. The van der Waals surface area contributed by atoms with Crippen LogP contribution in [0.15, 0.2) is 0 Å². The highest BCUT2D eigenvalue weighted by atomic mass is 16.7. The van der Waals surface area contributed by atoms with Crippen molar-refractivity contribution >= 4 is 0 Å². The minimum Gasteiger partial charge on any atom is -0.348 e. The van der Waals surface area contributed by atoms with Crippen LogP contribution in [0.1, 0.15) is 35.1 Å². The molecule has 0 N–H and O–H groups in total. The molecule has 0 unspecified atom stereocenters. The summed E-state index contributed by atoms with van der Waals surface area (Å²) in [5.41, 5.74) is 0. The third kappa shape index (κ3) is 2.67. The first-order valence-electron chi connectivity index (χ1n) is 3.05. The van der Waals surface area contributed by atoms with Crippen LogP contribution in [0.2, 0.25) is 0 Å². The first-order valence-corrected chi connectivity index (χ1v) is 3.05. The van der Waals surface area contributed by atoms with Gasteiger partial charge in [0, 0.05) is 0 Å². The van der Waals surface area contributed by atoms with Gasteiger partial charge >= 0.3 is 0 Å². The smallest absolute Gasteiger partial charge is 0.165 e. The summed E-state index contributed by atoms with van der Waals surface area (Å²) in [5.74, 6) is -0.264. The summed E-state index contributed by atoms with van der Waals surface area (Å²) in [4.78, 5) is 0. The molecule has 1 saturated heterocycles. The Morgan fingerprint density at radius 2 is 1.60 bits per heavy atom. The SMILES string of the molecule is C.C.CCC1(C)OCCO1. The average molecular weight is 148 g/mol. The predicted molar refractivity (Wildman–Crippen MR) is 44.1 cm³/mol. The second kappa shape index (κ2) is 4.69. The summed E-state index contributed by atoms with van der Waals surface area (Å²) in [7, 11) is 0. The maximum Gasteiger partial charge on any atom is 0.165 e. The normalized spacial score (nSPS) is 21.0. The monoisotopic (exact) mass is 148 g/mol. The Labute approximate surface area is 64.5 Å². The maximum absolute atomic E-state index is 5.27. The largest absolute Gasteiger partial charge is 0.348 e. The van der Waals surface area contributed by atoms with Crippen molar-refractivity contribution in [1.29, 1.82) is 0 Å². The molecule has 0 bridgehead atoms. The maximum atomic E-state index is 5.27. The quantitative estimate of drug-likeness (QED) is 0.568. The molecule has 1 fully saturated rings. The van der Waals surface area contributed by atoms with Gasteiger partial charge in [-0.1, -0.05) is 21.8 Å². The van der Waals surface area contributed by atoms with Crippen molar-refractivity contribution < 1.29 is 9.47 Å². The van der Waals surface area contributed by atoms with Crippen molar-refractivity contribution in [2.75, 3.05) is 13.2 Å². The summed E-state index contributed by atoms with van der Waals surface area (Å²) in [5, 5.41) is 0. The van der Waals surface area contributed by atoms with E-state index in [9.17, 15) is 0 Å². The molecule has 0 aromatic carbocycles. The van der Waals surface area contributed by atoms with E-state index in [1.165, 1.54) is 0 Å². The average Bonchev–Trinajstić information content (AvgIpc) is 2.17. The molecule has 1 heterocycles. The number of ether oxygens (including phenoxy) is 2. The molecule has 0 atom stereocenters. The van der Waals surface area contributed by atoms with Gasteiger partial charge in [-0.05, 0) is 13.3 Å². The van der Waals surface area contributed by atoms with Crippen molar-refractivity contribution in [3.8, 4) is 0 Å². The van der Waals surface area contributed by atoms with Crippen LogP contribution in [-0.2, 0) is 9.47 Å². The van der Waals surface area contributed by atoms with Crippen molar-refractivity contribution in [1.82, 2.24) is 0 Å². The molecule has 0 aliphatic carbocycles. The fourth-order valence-corrected chi connectivity index (χ4v) is 0.761. The lowest BCUT2D eigenvalue weighted by Crippen LogP contribution is -2.23. The zero-order valence-electron chi connectivity index (χ0n) is 5.44. The molecule has 2 nitrogen and oxygen atoms in total. The van der Waals surface area contributed by atoms with E-state index in [0.717, 1.165) is 19.6 Å². The van der Waals surface area contributed by atoms with Gasteiger partial charge in [-0.25, -0.2) is 0 Å². The Kier molecular flexibility index (Phi) is 5.90. The minimum absolute atomic E-state index is 0. The highest BCUT2D eigenvalue weighted by Crippen LogP contribution is 2.21. The van der Waals surface area contributed by atoms with Gasteiger partial charge in [0.1, 0.15) is 0 Å². The standard InChI is InChI=1S/C6H12O2.2CH4/c1-3-6(2)7-4-5-8-6;;/h3-5H2,1-2H3;2*1H4. The topological polar surface area (TPSA) is 18.5 Å². The van der Waals surface area contributed by atoms with Crippen molar-refractivity contribution in [2.45, 2.75) is 40.9 Å². The van der Waals surface area contributed by atoms with Gasteiger partial charge in [-0.3, -0.25) is 0 Å². The van der Waals surface area contributed by atoms with Gasteiger partial charge in [-0.2, -0.15) is 0 Å². The summed E-state index contributed by atoms with van der Waals surface area (Å²) in [6.45, 7) is 5.54. The van der Waals surface area contributed by atoms with E-state index in [0.29, 0.717) is 0 Å². The van der Waals surface area contributed by atoms with Gasteiger partial charge in [0.2, 0.25) is 0 Å². The first kappa shape index (κ1) is 12.6. The third-order valence-electron chi connectivity index (χ3n) is 1.54. The van der Waals surface area contributed by atoms with Crippen LogP contribution in [0.25, 0.3) is 0 Å². The Morgan fingerprint density at radius 1 is 1.20 bits per heavy atom. The van der Waals surface area contributed by atoms with Crippen LogP contribution in [-0.4, -0.2) is 19.0 Å². The predicted octanol–water partition coefficient (Wildman–Crippen LogP) is 2.43. The van der Waals surface area contributed by atoms with Crippen LogP contribution < -0.4 is 0 Å². The van der Waals surface area contributed by atoms with Crippen LogP contribution in [0, 0.1) is 0 Å². The molecule has 0 saturated carbocycles. The molecule has 64 valence electrons. The van der Waals surface area contributed by atoms with Crippen LogP contribution in [0.4, 0.5) is 0 Å². The van der Waals surface area contributed by atoms with E-state index in [4.69, 9.17) is 9.47 Å². The molecule has 0 amide bonds. The fourth-order valence-electron chi connectivity index (χ4n) is 0.761. The number of rotatable bonds is 1. The number of hydrogen-bond donors (Lipinski definition) is 0. The van der Waals surface area contributed by atoms with Gasteiger partial charge in [0.25, 0.3) is 0 Å². The van der Waals surface area contributed by atoms with Crippen molar-refractivity contribution in [2.24, 2.45) is 0 Å². The van der Waals surface area contributed by atoms with Crippen molar-refractivity contribution in [3.63, 3.8) is 0 Å². The lowest BCUT2D eigenvalue weighted by atomic mass is 10.2. The molecular formula is C8H20O2. The van der Waals surface area contributed by atoms with Crippen molar-refractivity contribution in [3.05, 3.63) is 0 Å². The highest BCUT2D eigenvalue weighted by molar-refractivity contribution is 4.64. The zero-order valence-corrected chi connectivity index (χ0v) is 5.44. The summed E-state index contributed by atoms with van der Waals surface area (Å²) >= 11 is 0. The molecular weight excluding hydrogens is 128 g/mol. The first-order chi connectivity index (χ1) is 3.77. The Balaban J connectivity index is 0. The van der Waals surface area contributed by atoms with Gasteiger partial charge in [-0.15, -0.1) is 0 Å². The Morgan fingerprint density at radius 3 is 1.80 bits per heavy atom. The second-order valence-electron chi connectivity index (χ2n) is 2.18. The molecule has 0 aromatic rings. The van der Waals surface area contributed by atoms with Crippen LogP contribution >= 0.6 is 0 Å². The molecule has 1 aliphatic rings. The van der Waals surface area contributed by atoms with Gasteiger partial charge in [0.15, 0.2) is 5.79 Å². The van der Waals surface area contributed by atoms with Gasteiger partial charge < -0.3 is 9.47 Å². The summed E-state index contributed by atoms with van der Waals surface area (Å²) in [6, 6.07) is 0. The third-order valence-corrected chi connectivity index (χ3v) is 1.54. The van der Waals surface area contributed by atoms with E-state index in [1.807, 2.05) is 6.92 Å². The Hall–Kier alpha value is -0.0800. The van der Waals surface area contributed by atoms with E-state index >= 15 is 0 Å².